The molecule has 8 heteroatoms. The Balaban J connectivity index is 1.45. The zero-order valence-electron chi connectivity index (χ0n) is 18.4. The van der Waals surface area contributed by atoms with E-state index in [2.05, 4.69) is 16.2 Å². The highest BCUT2D eigenvalue weighted by atomic mass is 35.5. The Morgan fingerprint density at radius 2 is 1.50 bits per heavy atom. The Kier molecular flexibility index (Phi) is 6.94. The number of carbonyl (C=O) groups excluding carboxylic acids is 3. The van der Waals surface area contributed by atoms with E-state index >= 15 is 0 Å². The quantitative estimate of drug-likeness (QED) is 0.366. The second-order valence-electron chi connectivity index (χ2n) is 7.79. The molecule has 1 unspecified atom stereocenters. The van der Waals surface area contributed by atoms with Crippen LogP contribution in [0.4, 0.5) is 0 Å². The first-order valence-electron chi connectivity index (χ1n) is 10.7. The van der Waals surface area contributed by atoms with Gasteiger partial charge >= 0.3 is 0 Å². The molecule has 4 aromatic rings. The minimum Gasteiger partial charge on any atom is -0.350 e. The molecule has 172 valence electrons. The SMILES string of the molecule is Cn1cc(C(=O)NNC(=O)CC(NC(=O)c2ccccc2Cl)c2ccccc2)c2ccccc21. The van der Waals surface area contributed by atoms with Gasteiger partial charge in [-0.25, -0.2) is 0 Å². The largest absolute Gasteiger partial charge is 0.350 e. The van der Waals surface area contributed by atoms with Crippen LogP contribution in [0.2, 0.25) is 5.02 Å². The number of halogens is 1. The van der Waals surface area contributed by atoms with Crippen LogP contribution in [0, 0.1) is 0 Å². The molecular weight excluding hydrogens is 452 g/mol. The van der Waals surface area contributed by atoms with E-state index in [4.69, 9.17) is 11.6 Å². The van der Waals surface area contributed by atoms with E-state index < -0.39 is 23.8 Å². The van der Waals surface area contributed by atoms with Crippen LogP contribution in [-0.4, -0.2) is 22.3 Å². The van der Waals surface area contributed by atoms with Gasteiger partial charge in [0.1, 0.15) is 0 Å². The van der Waals surface area contributed by atoms with Crippen molar-refractivity contribution in [1.82, 2.24) is 20.7 Å². The van der Waals surface area contributed by atoms with E-state index in [1.165, 1.54) is 0 Å². The molecule has 0 bridgehead atoms. The number of carbonyl (C=O) groups is 3. The van der Waals surface area contributed by atoms with Gasteiger partial charge in [-0.1, -0.05) is 72.3 Å². The van der Waals surface area contributed by atoms with Crippen molar-refractivity contribution in [3.63, 3.8) is 0 Å². The lowest BCUT2D eigenvalue weighted by Gasteiger charge is -2.19. The van der Waals surface area contributed by atoms with Crippen LogP contribution in [0.15, 0.2) is 85.1 Å². The number of para-hydroxylation sites is 1. The number of rotatable bonds is 6. The first kappa shape index (κ1) is 23.1. The molecule has 3 amide bonds. The highest BCUT2D eigenvalue weighted by molar-refractivity contribution is 6.33. The molecular formula is C26H23ClN4O3. The second kappa shape index (κ2) is 10.2. The summed E-state index contributed by atoms with van der Waals surface area (Å²) in [5.74, 6) is -1.28. The van der Waals surface area contributed by atoms with Crippen LogP contribution in [0.25, 0.3) is 10.9 Å². The first-order valence-corrected chi connectivity index (χ1v) is 11.1. The van der Waals surface area contributed by atoms with E-state index in [-0.39, 0.29) is 6.42 Å². The van der Waals surface area contributed by atoms with Gasteiger partial charge in [0.05, 0.1) is 28.6 Å². The molecule has 0 radical (unpaired) electrons. The maximum Gasteiger partial charge on any atom is 0.271 e. The fourth-order valence-electron chi connectivity index (χ4n) is 3.77. The Morgan fingerprint density at radius 1 is 0.824 bits per heavy atom. The summed E-state index contributed by atoms with van der Waals surface area (Å²) in [6.45, 7) is 0. The number of nitrogens with one attached hydrogen (secondary N) is 3. The third-order valence-electron chi connectivity index (χ3n) is 5.47. The Labute approximate surface area is 201 Å². The summed E-state index contributed by atoms with van der Waals surface area (Å²) in [6, 6.07) is 22.7. The van der Waals surface area contributed by atoms with E-state index in [1.54, 1.807) is 30.5 Å². The summed E-state index contributed by atoms with van der Waals surface area (Å²) in [7, 11) is 1.85. The molecule has 3 aromatic carbocycles. The standard InChI is InChI=1S/C26H23ClN4O3/c1-31-16-20(18-11-6-8-14-23(18)31)26(34)30-29-24(32)15-22(17-9-3-2-4-10-17)28-25(33)19-12-5-7-13-21(19)27/h2-14,16,22H,15H2,1H3,(H,28,33)(H,29,32)(H,30,34). The number of nitrogens with zero attached hydrogens (tertiary/aromatic N) is 1. The average Bonchev–Trinajstić information content (AvgIpc) is 3.19. The van der Waals surface area contributed by atoms with E-state index in [1.807, 2.05) is 66.2 Å². The van der Waals surface area contributed by atoms with Crippen LogP contribution in [-0.2, 0) is 11.8 Å². The average molecular weight is 475 g/mol. The lowest BCUT2D eigenvalue weighted by Crippen LogP contribution is -2.43. The van der Waals surface area contributed by atoms with Gasteiger partial charge in [-0.2, -0.15) is 0 Å². The second-order valence-corrected chi connectivity index (χ2v) is 8.20. The normalized spacial score (nSPS) is 11.6. The fourth-order valence-corrected chi connectivity index (χ4v) is 3.99. The van der Waals surface area contributed by atoms with Gasteiger partial charge in [0.25, 0.3) is 11.8 Å². The zero-order valence-corrected chi connectivity index (χ0v) is 19.2. The maximum absolute atomic E-state index is 12.8. The first-order chi connectivity index (χ1) is 16.4. The van der Waals surface area contributed by atoms with Gasteiger partial charge in [0.15, 0.2) is 0 Å². The molecule has 0 spiro atoms. The molecule has 1 heterocycles. The molecule has 0 aliphatic carbocycles. The Morgan fingerprint density at radius 3 is 2.26 bits per heavy atom. The summed E-state index contributed by atoms with van der Waals surface area (Å²) < 4.78 is 1.85. The van der Waals surface area contributed by atoms with Gasteiger partial charge in [0, 0.05) is 24.1 Å². The van der Waals surface area contributed by atoms with Crippen molar-refractivity contribution in [2.75, 3.05) is 0 Å². The Bertz CT molecular complexity index is 1350. The number of aryl methyl sites for hydroxylation is 1. The van der Waals surface area contributed by atoms with Crippen molar-refractivity contribution in [2.45, 2.75) is 12.5 Å². The molecule has 0 saturated carbocycles. The molecule has 0 fully saturated rings. The minimum atomic E-state index is -0.626. The van der Waals surface area contributed by atoms with Gasteiger partial charge in [-0.3, -0.25) is 25.2 Å². The van der Waals surface area contributed by atoms with Gasteiger partial charge in [0.2, 0.25) is 5.91 Å². The fraction of sp³-hybridized carbons (Fsp3) is 0.115. The van der Waals surface area contributed by atoms with E-state index in [9.17, 15) is 14.4 Å². The van der Waals surface area contributed by atoms with Crippen molar-refractivity contribution in [2.24, 2.45) is 7.05 Å². The molecule has 7 nitrogen and oxygen atoms in total. The molecule has 0 saturated heterocycles. The molecule has 0 aliphatic rings. The molecule has 1 aromatic heterocycles. The molecule has 3 N–H and O–H groups in total. The minimum absolute atomic E-state index is 0.0873. The lowest BCUT2D eigenvalue weighted by atomic mass is 10.0. The molecule has 34 heavy (non-hydrogen) atoms. The summed E-state index contributed by atoms with van der Waals surface area (Å²) >= 11 is 6.15. The molecule has 4 rings (SSSR count). The molecule has 0 aliphatic heterocycles. The van der Waals surface area contributed by atoms with Crippen molar-refractivity contribution >= 4 is 40.2 Å². The van der Waals surface area contributed by atoms with Gasteiger partial charge in [-0.15, -0.1) is 0 Å². The smallest absolute Gasteiger partial charge is 0.271 e. The third-order valence-corrected chi connectivity index (χ3v) is 5.80. The summed E-state index contributed by atoms with van der Waals surface area (Å²) in [6.07, 6.45) is 1.62. The van der Waals surface area contributed by atoms with Crippen LogP contribution < -0.4 is 16.2 Å². The zero-order chi connectivity index (χ0) is 24.1. The van der Waals surface area contributed by atoms with Crippen LogP contribution in [0.1, 0.15) is 38.7 Å². The number of benzene rings is 3. The number of amides is 3. The molecule has 1 atom stereocenters. The topological polar surface area (TPSA) is 92.2 Å². The van der Waals surface area contributed by atoms with Crippen molar-refractivity contribution in [1.29, 1.82) is 0 Å². The predicted molar refractivity (Wildman–Crippen MR) is 131 cm³/mol. The summed E-state index contributed by atoms with van der Waals surface area (Å²) in [5, 5.41) is 3.97. The lowest BCUT2D eigenvalue weighted by molar-refractivity contribution is -0.122. The van der Waals surface area contributed by atoms with Gasteiger partial charge < -0.3 is 9.88 Å². The van der Waals surface area contributed by atoms with Crippen LogP contribution in [0.3, 0.4) is 0 Å². The summed E-state index contributed by atoms with van der Waals surface area (Å²) in [4.78, 5) is 38.2. The number of aromatic nitrogens is 1. The highest BCUT2D eigenvalue weighted by Crippen LogP contribution is 2.21. The van der Waals surface area contributed by atoms with Gasteiger partial charge in [-0.05, 0) is 23.8 Å². The number of hydrazine groups is 1. The maximum atomic E-state index is 12.8. The summed E-state index contributed by atoms with van der Waals surface area (Å²) in [5.41, 5.74) is 7.34. The van der Waals surface area contributed by atoms with E-state index in [0.717, 1.165) is 16.5 Å². The van der Waals surface area contributed by atoms with Crippen molar-refractivity contribution in [3.8, 4) is 0 Å². The van der Waals surface area contributed by atoms with Crippen LogP contribution in [0.5, 0.6) is 0 Å². The van der Waals surface area contributed by atoms with Crippen molar-refractivity contribution < 1.29 is 14.4 Å². The van der Waals surface area contributed by atoms with E-state index in [0.29, 0.717) is 16.1 Å². The number of hydrogen-bond donors (Lipinski definition) is 3. The van der Waals surface area contributed by atoms with Crippen LogP contribution >= 0.6 is 11.6 Å². The highest BCUT2D eigenvalue weighted by Gasteiger charge is 2.21. The monoisotopic (exact) mass is 474 g/mol. The van der Waals surface area contributed by atoms with Crippen molar-refractivity contribution in [3.05, 3.63) is 107 Å². The Hall–Kier alpha value is -4.10. The predicted octanol–water partition coefficient (Wildman–Crippen LogP) is 4.15. The third kappa shape index (κ3) is 5.10. The number of fused-ring (bicyclic) bond motifs is 1. The number of hydrogen-bond acceptors (Lipinski definition) is 3.